The molecule has 0 saturated heterocycles. The topological polar surface area (TPSA) is 107 Å². The third kappa shape index (κ3) is 4.11. The molecular formula is C16H14O7S. The van der Waals surface area contributed by atoms with Gasteiger partial charge in [-0.15, -0.1) is 0 Å². The number of rotatable bonds is 6. The van der Waals surface area contributed by atoms with Crippen molar-refractivity contribution in [1.82, 2.24) is 0 Å². The molecule has 24 heavy (non-hydrogen) atoms. The van der Waals surface area contributed by atoms with Gasteiger partial charge in [0.2, 0.25) is 6.10 Å². The number of esters is 1. The number of carbonyl (C=O) groups is 2. The monoisotopic (exact) mass is 350 g/mol. The van der Waals surface area contributed by atoms with Crippen LogP contribution in [0.3, 0.4) is 0 Å². The Balaban J connectivity index is 2.42. The van der Waals surface area contributed by atoms with E-state index in [1.165, 1.54) is 48.5 Å². The molecule has 0 saturated carbocycles. The van der Waals surface area contributed by atoms with Crippen molar-refractivity contribution in [3.63, 3.8) is 0 Å². The fourth-order valence-corrected chi connectivity index (χ4v) is 2.91. The van der Waals surface area contributed by atoms with Crippen LogP contribution in [0, 0.1) is 0 Å². The maximum atomic E-state index is 12.3. The van der Waals surface area contributed by atoms with Crippen LogP contribution in [0.1, 0.15) is 18.6 Å². The van der Waals surface area contributed by atoms with Crippen LogP contribution in [-0.4, -0.2) is 25.5 Å². The van der Waals surface area contributed by atoms with Gasteiger partial charge in [-0.2, -0.15) is 8.42 Å². The van der Waals surface area contributed by atoms with Crippen LogP contribution in [0.25, 0.3) is 0 Å². The van der Waals surface area contributed by atoms with E-state index in [1.54, 1.807) is 6.07 Å². The molecule has 0 spiro atoms. The van der Waals surface area contributed by atoms with Crippen LogP contribution in [0.15, 0.2) is 59.5 Å². The smallest absolute Gasteiger partial charge is 0.349 e. The van der Waals surface area contributed by atoms with Gasteiger partial charge in [0.15, 0.2) is 5.75 Å². The summed E-state index contributed by atoms with van der Waals surface area (Å²) in [5, 5.41) is 9.23. The fraction of sp³-hybridized carbons (Fsp3) is 0.125. The van der Waals surface area contributed by atoms with Gasteiger partial charge >= 0.3 is 22.1 Å². The molecule has 0 amide bonds. The zero-order chi connectivity index (χ0) is 17.7. The Labute approximate surface area is 138 Å². The lowest BCUT2D eigenvalue weighted by Crippen LogP contribution is -2.20. The molecule has 126 valence electrons. The Morgan fingerprint density at radius 1 is 1.00 bits per heavy atom. The second kappa shape index (κ2) is 7.14. The van der Waals surface area contributed by atoms with Gasteiger partial charge in [0, 0.05) is 12.5 Å². The largest absolute Gasteiger partial charge is 0.478 e. The summed E-state index contributed by atoms with van der Waals surface area (Å²) >= 11 is 0. The van der Waals surface area contributed by atoms with E-state index in [-0.39, 0.29) is 16.2 Å². The number of ether oxygens (including phenoxy) is 1. The molecular weight excluding hydrogens is 336 g/mol. The number of hydrogen-bond donors (Lipinski definition) is 1. The van der Waals surface area contributed by atoms with Crippen LogP contribution in [0.2, 0.25) is 0 Å². The van der Waals surface area contributed by atoms with E-state index in [0.717, 1.165) is 6.92 Å². The summed E-state index contributed by atoms with van der Waals surface area (Å²) in [5.74, 6) is -2.49. The number of aliphatic carboxylic acids is 1. The number of hydrogen-bond acceptors (Lipinski definition) is 6. The predicted molar refractivity (Wildman–Crippen MR) is 82.8 cm³/mol. The molecule has 0 aliphatic rings. The average Bonchev–Trinajstić information content (AvgIpc) is 2.53. The molecule has 0 aromatic heterocycles. The van der Waals surface area contributed by atoms with Gasteiger partial charge in [0.1, 0.15) is 4.90 Å². The van der Waals surface area contributed by atoms with E-state index in [9.17, 15) is 23.1 Å². The lowest BCUT2D eigenvalue weighted by Gasteiger charge is -2.16. The highest BCUT2D eigenvalue weighted by atomic mass is 32.2. The molecule has 0 bridgehead atoms. The average molecular weight is 350 g/mol. The number of carbonyl (C=O) groups excluding carboxylic acids is 1. The zero-order valence-electron chi connectivity index (χ0n) is 12.6. The number of carboxylic acids is 1. The minimum absolute atomic E-state index is 0.0836. The van der Waals surface area contributed by atoms with Crippen molar-refractivity contribution >= 4 is 22.1 Å². The SMILES string of the molecule is CC(=O)OC(C(=O)O)c1ccccc1OS(=O)(=O)c1ccccc1. The third-order valence-electron chi connectivity index (χ3n) is 2.94. The highest BCUT2D eigenvalue weighted by Crippen LogP contribution is 2.30. The van der Waals surface area contributed by atoms with Crippen molar-refractivity contribution in [3.8, 4) is 5.75 Å². The van der Waals surface area contributed by atoms with Gasteiger partial charge in [-0.3, -0.25) is 4.79 Å². The van der Waals surface area contributed by atoms with E-state index in [2.05, 4.69) is 0 Å². The maximum absolute atomic E-state index is 12.3. The summed E-state index contributed by atoms with van der Waals surface area (Å²) in [6, 6.07) is 13.0. The van der Waals surface area contributed by atoms with Crippen molar-refractivity contribution < 1.29 is 32.0 Å². The summed E-state index contributed by atoms with van der Waals surface area (Å²) < 4.78 is 34.4. The Kier molecular flexibility index (Phi) is 5.20. The van der Waals surface area contributed by atoms with Crippen LogP contribution < -0.4 is 4.18 Å². The Morgan fingerprint density at radius 3 is 2.17 bits per heavy atom. The van der Waals surface area contributed by atoms with E-state index in [0.29, 0.717) is 0 Å². The highest BCUT2D eigenvalue weighted by molar-refractivity contribution is 7.87. The zero-order valence-corrected chi connectivity index (χ0v) is 13.4. The molecule has 0 aliphatic carbocycles. The summed E-state index contributed by atoms with van der Waals surface area (Å²) in [6.45, 7) is 1.06. The fourth-order valence-electron chi connectivity index (χ4n) is 1.94. The van der Waals surface area contributed by atoms with E-state index in [4.69, 9.17) is 8.92 Å². The van der Waals surface area contributed by atoms with Crippen molar-refractivity contribution in [2.24, 2.45) is 0 Å². The maximum Gasteiger partial charge on any atom is 0.349 e. The van der Waals surface area contributed by atoms with Crippen molar-refractivity contribution in [1.29, 1.82) is 0 Å². The lowest BCUT2D eigenvalue weighted by atomic mass is 10.1. The molecule has 1 atom stereocenters. The normalized spacial score (nSPS) is 12.2. The molecule has 0 fully saturated rings. The molecule has 1 unspecified atom stereocenters. The molecule has 0 aliphatic heterocycles. The summed E-state index contributed by atoms with van der Waals surface area (Å²) in [4.78, 5) is 22.4. The van der Waals surface area contributed by atoms with Gasteiger partial charge in [0.05, 0.1) is 0 Å². The van der Waals surface area contributed by atoms with E-state index >= 15 is 0 Å². The summed E-state index contributed by atoms with van der Waals surface area (Å²) in [6.07, 6.45) is -1.68. The van der Waals surface area contributed by atoms with Crippen molar-refractivity contribution in [2.45, 2.75) is 17.9 Å². The molecule has 2 aromatic rings. The van der Waals surface area contributed by atoms with Crippen LogP contribution in [0.4, 0.5) is 0 Å². The number of benzene rings is 2. The first-order valence-electron chi connectivity index (χ1n) is 6.80. The molecule has 1 N–H and O–H groups in total. The molecule has 0 radical (unpaired) electrons. The summed E-state index contributed by atoms with van der Waals surface area (Å²) in [5.41, 5.74) is -0.0836. The van der Waals surface area contributed by atoms with Crippen molar-refractivity contribution in [2.75, 3.05) is 0 Å². The second-order valence-electron chi connectivity index (χ2n) is 4.72. The molecule has 7 nitrogen and oxygen atoms in total. The lowest BCUT2D eigenvalue weighted by molar-refractivity contribution is -0.163. The summed E-state index contributed by atoms with van der Waals surface area (Å²) in [7, 11) is -4.16. The first-order chi connectivity index (χ1) is 11.3. The second-order valence-corrected chi connectivity index (χ2v) is 6.26. The van der Waals surface area contributed by atoms with Crippen LogP contribution in [-0.2, 0) is 24.4 Å². The predicted octanol–water partition coefficient (Wildman–Crippen LogP) is 2.14. The Hall–Kier alpha value is -2.87. The van der Waals surface area contributed by atoms with E-state index in [1.807, 2.05) is 0 Å². The van der Waals surface area contributed by atoms with Gasteiger partial charge in [-0.05, 0) is 18.2 Å². The third-order valence-corrected chi connectivity index (χ3v) is 4.19. The van der Waals surface area contributed by atoms with Gasteiger partial charge in [-0.1, -0.05) is 36.4 Å². The quantitative estimate of drug-likeness (QED) is 0.628. The first kappa shape index (κ1) is 17.5. The van der Waals surface area contributed by atoms with Crippen LogP contribution >= 0.6 is 0 Å². The van der Waals surface area contributed by atoms with Crippen LogP contribution in [0.5, 0.6) is 5.75 Å². The highest BCUT2D eigenvalue weighted by Gasteiger charge is 2.28. The number of para-hydroxylation sites is 1. The minimum atomic E-state index is -4.16. The first-order valence-corrected chi connectivity index (χ1v) is 8.20. The van der Waals surface area contributed by atoms with Gasteiger partial charge in [0.25, 0.3) is 0 Å². The standard InChI is InChI=1S/C16H14O7S/c1-11(17)22-15(16(18)19)13-9-5-6-10-14(13)23-24(20,21)12-7-3-2-4-8-12/h2-10,15H,1H3,(H,18,19). The Bertz CT molecular complexity index is 844. The van der Waals surface area contributed by atoms with Crippen molar-refractivity contribution in [3.05, 3.63) is 60.2 Å². The van der Waals surface area contributed by atoms with Gasteiger partial charge < -0.3 is 14.0 Å². The minimum Gasteiger partial charge on any atom is -0.478 e. The van der Waals surface area contributed by atoms with Gasteiger partial charge in [-0.25, -0.2) is 4.79 Å². The Morgan fingerprint density at radius 2 is 1.58 bits per heavy atom. The number of carboxylic acid groups (broad SMARTS) is 1. The molecule has 8 heteroatoms. The molecule has 2 aromatic carbocycles. The molecule has 2 rings (SSSR count). The van der Waals surface area contributed by atoms with E-state index < -0.39 is 28.2 Å². The molecule has 0 heterocycles.